The lowest BCUT2D eigenvalue weighted by Gasteiger charge is -2.07. The van der Waals surface area contributed by atoms with Gasteiger partial charge >= 0.3 is 0 Å². The number of likely N-dealkylation sites (N-methyl/N-ethyl adjacent to an activating group) is 1. The van der Waals surface area contributed by atoms with Crippen LogP contribution in [0.2, 0.25) is 0 Å². The first-order valence-corrected chi connectivity index (χ1v) is 4.76. The van der Waals surface area contributed by atoms with Crippen LogP contribution in [0.1, 0.15) is 13.3 Å². The smallest absolute Gasteiger partial charge is 0.233 e. The quantitative estimate of drug-likeness (QED) is 0.447. The number of amides is 2. The van der Waals surface area contributed by atoms with Crippen molar-refractivity contribution in [3.63, 3.8) is 0 Å². The number of hydrogen-bond acceptors (Lipinski definition) is 4. The van der Waals surface area contributed by atoms with Gasteiger partial charge in [-0.05, 0) is 14.0 Å². The Morgan fingerprint density at radius 1 is 1.33 bits per heavy atom. The Morgan fingerprint density at radius 2 is 2.00 bits per heavy atom. The zero-order valence-corrected chi connectivity index (χ0v) is 9.00. The molecule has 2 amide bonds. The minimum Gasteiger partial charge on any atom is -0.354 e. The summed E-state index contributed by atoms with van der Waals surface area (Å²) >= 11 is 0. The van der Waals surface area contributed by atoms with Gasteiger partial charge in [-0.2, -0.15) is 0 Å². The summed E-state index contributed by atoms with van der Waals surface area (Å²) in [5.74, 6) is -0.409. The molecule has 1 unspecified atom stereocenters. The monoisotopic (exact) mass is 215 g/mol. The third-order valence-electron chi connectivity index (χ3n) is 1.60. The number of carbonyl (C=O) groups is 3. The van der Waals surface area contributed by atoms with Crippen LogP contribution in [0.15, 0.2) is 0 Å². The van der Waals surface area contributed by atoms with Gasteiger partial charge in [0, 0.05) is 13.0 Å². The van der Waals surface area contributed by atoms with Crippen molar-refractivity contribution in [3.05, 3.63) is 0 Å². The van der Waals surface area contributed by atoms with Crippen molar-refractivity contribution >= 4 is 18.1 Å². The molecule has 6 heteroatoms. The van der Waals surface area contributed by atoms with Crippen LogP contribution in [0, 0.1) is 0 Å². The molecule has 0 aromatic heterocycles. The summed E-state index contributed by atoms with van der Waals surface area (Å²) in [5.41, 5.74) is 0. The molecule has 0 saturated carbocycles. The highest BCUT2D eigenvalue weighted by Gasteiger charge is 2.06. The van der Waals surface area contributed by atoms with Gasteiger partial charge in [0.1, 0.15) is 6.29 Å². The highest BCUT2D eigenvalue weighted by atomic mass is 16.2. The van der Waals surface area contributed by atoms with Crippen molar-refractivity contribution in [2.45, 2.75) is 19.4 Å². The van der Waals surface area contributed by atoms with Crippen LogP contribution >= 0.6 is 0 Å². The Balaban J connectivity index is 3.54. The fourth-order valence-corrected chi connectivity index (χ4v) is 0.899. The van der Waals surface area contributed by atoms with Crippen molar-refractivity contribution in [2.75, 3.05) is 20.1 Å². The zero-order chi connectivity index (χ0) is 11.7. The van der Waals surface area contributed by atoms with Crippen LogP contribution in [-0.2, 0) is 14.4 Å². The molecular weight excluding hydrogens is 198 g/mol. The standard InChI is InChI=1S/C9H17N3O3/c1-7(6-13)12-8(14)3-4-11-9(15)5-10-2/h6-7,10H,3-5H2,1-2H3,(H,11,15)(H,12,14). The van der Waals surface area contributed by atoms with Crippen molar-refractivity contribution in [2.24, 2.45) is 0 Å². The molecule has 6 nitrogen and oxygen atoms in total. The molecule has 0 aliphatic rings. The van der Waals surface area contributed by atoms with Crippen LogP contribution in [0.25, 0.3) is 0 Å². The summed E-state index contributed by atoms with van der Waals surface area (Å²) < 4.78 is 0. The van der Waals surface area contributed by atoms with Crippen molar-refractivity contribution in [3.8, 4) is 0 Å². The Labute approximate surface area is 88.8 Å². The molecule has 0 heterocycles. The number of carbonyl (C=O) groups excluding carboxylic acids is 3. The Hall–Kier alpha value is -1.43. The van der Waals surface area contributed by atoms with E-state index < -0.39 is 6.04 Å². The number of hydrogen-bond donors (Lipinski definition) is 3. The Bertz CT molecular complexity index is 231. The second kappa shape index (κ2) is 7.93. The topological polar surface area (TPSA) is 87.3 Å². The van der Waals surface area contributed by atoms with Gasteiger partial charge in [0.2, 0.25) is 11.8 Å². The van der Waals surface area contributed by atoms with Gasteiger partial charge in [-0.3, -0.25) is 9.59 Å². The third-order valence-corrected chi connectivity index (χ3v) is 1.60. The molecule has 0 aliphatic carbocycles. The summed E-state index contributed by atoms with van der Waals surface area (Å²) in [6.07, 6.45) is 0.825. The van der Waals surface area contributed by atoms with Crippen LogP contribution in [-0.4, -0.2) is 44.3 Å². The fourth-order valence-electron chi connectivity index (χ4n) is 0.899. The maximum Gasteiger partial charge on any atom is 0.233 e. The van der Waals surface area contributed by atoms with E-state index in [1.165, 1.54) is 0 Å². The average molecular weight is 215 g/mol. The minimum absolute atomic E-state index is 0.159. The van der Waals surface area contributed by atoms with Crippen molar-refractivity contribution in [1.82, 2.24) is 16.0 Å². The van der Waals surface area contributed by atoms with Gasteiger partial charge < -0.3 is 20.7 Å². The average Bonchev–Trinajstić information content (AvgIpc) is 2.18. The van der Waals surface area contributed by atoms with Gasteiger partial charge in [0.15, 0.2) is 0 Å². The van der Waals surface area contributed by atoms with E-state index in [2.05, 4.69) is 16.0 Å². The summed E-state index contributed by atoms with van der Waals surface area (Å²) in [7, 11) is 1.66. The molecule has 0 spiro atoms. The van der Waals surface area contributed by atoms with Gasteiger partial charge in [0.05, 0.1) is 12.6 Å². The summed E-state index contributed by atoms with van der Waals surface area (Å²) in [6.45, 7) is 2.09. The Kier molecular flexibility index (Phi) is 7.17. The predicted octanol–water partition coefficient (Wildman–Crippen LogP) is -1.58. The van der Waals surface area contributed by atoms with E-state index >= 15 is 0 Å². The molecule has 0 radical (unpaired) electrons. The van der Waals surface area contributed by atoms with E-state index in [9.17, 15) is 14.4 Å². The molecular formula is C9H17N3O3. The maximum atomic E-state index is 11.1. The molecule has 0 aliphatic heterocycles. The van der Waals surface area contributed by atoms with E-state index in [1.807, 2.05) is 0 Å². The number of rotatable bonds is 7. The first-order chi connectivity index (χ1) is 7.10. The zero-order valence-electron chi connectivity index (χ0n) is 9.00. The van der Waals surface area contributed by atoms with E-state index in [-0.39, 0.29) is 31.3 Å². The molecule has 0 aromatic rings. The van der Waals surface area contributed by atoms with Crippen LogP contribution < -0.4 is 16.0 Å². The lowest BCUT2D eigenvalue weighted by molar-refractivity contribution is -0.124. The third kappa shape index (κ3) is 7.63. The largest absolute Gasteiger partial charge is 0.354 e. The van der Waals surface area contributed by atoms with Crippen molar-refractivity contribution < 1.29 is 14.4 Å². The second-order valence-corrected chi connectivity index (χ2v) is 3.12. The second-order valence-electron chi connectivity index (χ2n) is 3.12. The molecule has 86 valence electrons. The molecule has 0 bridgehead atoms. The summed E-state index contributed by atoms with van der Waals surface area (Å²) in [6, 6.07) is -0.481. The van der Waals surface area contributed by atoms with E-state index in [1.54, 1.807) is 14.0 Å². The highest BCUT2D eigenvalue weighted by molar-refractivity contribution is 5.81. The SMILES string of the molecule is CNCC(=O)NCCC(=O)NC(C)C=O. The van der Waals surface area contributed by atoms with Gasteiger partial charge in [-0.1, -0.05) is 0 Å². The summed E-state index contributed by atoms with van der Waals surface area (Å²) in [5, 5.41) is 7.70. The first kappa shape index (κ1) is 13.6. The fraction of sp³-hybridized carbons (Fsp3) is 0.667. The van der Waals surface area contributed by atoms with E-state index in [0.29, 0.717) is 6.29 Å². The normalized spacial score (nSPS) is 11.6. The maximum absolute atomic E-state index is 11.1. The molecule has 1 atom stereocenters. The molecule has 0 saturated heterocycles. The van der Waals surface area contributed by atoms with Crippen LogP contribution in [0.4, 0.5) is 0 Å². The van der Waals surface area contributed by atoms with Crippen LogP contribution in [0.5, 0.6) is 0 Å². The van der Waals surface area contributed by atoms with Crippen molar-refractivity contribution in [1.29, 1.82) is 0 Å². The molecule has 0 fully saturated rings. The highest BCUT2D eigenvalue weighted by Crippen LogP contribution is 1.81. The lowest BCUT2D eigenvalue weighted by atomic mass is 10.3. The lowest BCUT2D eigenvalue weighted by Crippen LogP contribution is -2.38. The molecule has 0 aromatic carbocycles. The minimum atomic E-state index is -0.481. The molecule has 0 rings (SSSR count). The first-order valence-electron chi connectivity index (χ1n) is 4.76. The molecule has 15 heavy (non-hydrogen) atoms. The van der Waals surface area contributed by atoms with Gasteiger partial charge in [-0.15, -0.1) is 0 Å². The number of nitrogens with one attached hydrogen (secondary N) is 3. The van der Waals surface area contributed by atoms with Gasteiger partial charge in [0.25, 0.3) is 0 Å². The predicted molar refractivity (Wildman–Crippen MR) is 55.2 cm³/mol. The summed E-state index contributed by atoms with van der Waals surface area (Å²) in [4.78, 5) is 32.3. The van der Waals surface area contributed by atoms with E-state index in [4.69, 9.17) is 0 Å². The molecule has 3 N–H and O–H groups in total. The van der Waals surface area contributed by atoms with E-state index in [0.717, 1.165) is 0 Å². The van der Waals surface area contributed by atoms with Crippen LogP contribution in [0.3, 0.4) is 0 Å². The Morgan fingerprint density at radius 3 is 2.53 bits per heavy atom. The number of aldehydes is 1. The van der Waals surface area contributed by atoms with Gasteiger partial charge in [-0.25, -0.2) is 0 Å².